The Balaban J connectivity index is 1.46. The third-order valence-corrected chi connectivity index (χ3v) is 4.44. The molecular weight excluding hydrogens is 378 g/mol. The monoisotopic (exact) mass is 393 g/mol. The first-order valence-corrected chi connectivity index (χ1v) is 8.95. The molecule has 1 N–H and O–H groups in total. The molecule has 2 heterocycles. The van der Waals surface area contributed by atoms with Crippen LogP contribution in [0, 0.1) is 5.41 Å². The molecule has 0 bridgehead atoms. The number of halogens is 1. The van der Waals surface area contributed by atoms with E-state index in [1.54, 1.807) is 19.1 Å². The van der Waals surface area contributed by atoms with E-state index >= 15 is 0 Å². The van der Waals surface area contributed by atoms with Gasteiger partial charge in [0.1, 0.15) is 18.1 Å². The van der Waals surface area contributed by atoms with Crippen molar-refractivity contribution in [3.63, 3.8) is 0 Å². The molecule has 0 radical (unpaired) electrons. The second-order valence-electron chi connectivity index (χ2n) is 6.31. The van der Waals surface area contributed by atoms with Gasteiger partial charge in [0, 0.05) is 11.1 Å². The lowest BCUT2D eigenvalue weighted by atomic mass is 10.1. The van der Waals surface area contributed by atoms with E-state index in [2.05, 4.69) is 4.99 Å². The minimum atomic E-state index is -0.464. The van der Waals surface area contributed by atoms with Gasteiger partial charge in [-0.25, -0.2) is 0 Å². The molecule has 140 valence electrons. The van der Waals surface area contributed by atoms with Crippen LogP contribution < -0.4 is 4.74 Å². The van der Waals surface area contributed by atoms with Gasteiger partial charge in [-0.15, -0.1) is 5.06 Å². The highest BCUT2D eigenvalue weighted by Gasteiger charge is 2.34. The van der Waals surface area contributed by atoms with Gasteiger partial charge in [-0.2, -0.15) is 4.99 Å². The Labute approximate surface area is 166 Å². The average Bonchev–Trinajstić information content (AvgIpc) is 3.06. The highest BCUT2D eigenvalue weighted by Crippen LogP contribution is 2.24. The van der Waals surface area contributed by atoms with E-state index in [9.17, 15) is 4.79 Å². The van der Waals surface area contributed by atoms with Gasteiger partial charge in [-0.3, -0.25) is 10.2 Å². The molecule has 0 atom stereocenters. The third-order valence-electron chi connectivity index (χ3n) is 4.19. The maximum absolute atomic E-state index is 12.3. The van der Waals surface area contributed by atoms with Gasteiger partial charge in [0.05, 0.1) is 5.57 Å². The fourth-order valence-electron chi connectivity index (χ4n) is 2.77. The summed E-state index contributed by atoms with van der Waals surface area (Å²) < 4.78 is 5.76. The predicted octanol–water partition coefficient (Wildman–Crippen LogP) is 4.37. The highest BCUT2D eigenvalue weighted by molar-refractivity contribution is 6.32. The van der Waals surface area contributed by atoms with Crippen LogP contribution >= 0.6 is 11.6 Å². The summed E-state index contributed by atoms with van der Waals surface area (Å²) >= 11 is 5.88. The lowest BCUT2D eigenvalue weighted by Gasteiger charge is -2.22. The molecule has 7 heteroatoms. The first-order valence-electron chi connectivity index (χ1n) is 8.57. The molecule has 0 aliphatic carbocycles. The molecular formula is C21H16ClN3O3. The Morgan fingerprint density at radius 1 is 1.18 bits per heavy atom. The van der Waals surface area contributed by atoms with Gasteiger partial charge < -0.3 is 9.57 Å². The number of fused-ring (bicyclic) bond motifs is 1. The maximum atomic E-state index is 12.3. The van der Waals surface area contributed by atoms with Gasteiger partial charge in [-0.1, -0.05) is 35.9 Å². The van der Waals surface area contributed by atoms with Crippen LogP contribution in [-0.2, 0) is 16.2 Å². The Kier molecular flexibility index (Phi) is 4.71. The number of nitrogens with zero attached hydrogens (tertiary/aromatic N) is 2. The first-order chi connectivity index (χ1) is 13.5. The fraction of sp³-hybridized carbons (Fsp3) is 0.0952. The van der Waals surface area contributed by atoms with Gasteiger partial charge in [0.2, 0.25) is 0 Å². The van der Waals surface area contributed by atoms with Crippen LogP contribution in [0.15, 0.2) is 70.9 Å². The lowest BCUT2D eigenvalue weighted by Crippen LogP contribution is -2.38. The Bertz CT molecular complexity index is 1040. The largest absolute Gasteiger partial charge is 0.489 e. The van der Waals surface area contributed by atoms with E-state index in [0.29, 0.717) is 29.0 Å². The third kappa shape index (κ3) is 3.68. The van der Waals surface area contributed by atoms with Crippen molar-refractivity contribution in [1.29, 1.82) is 5.41 Å². The number of allylic oxidation sites excluding steroid dienone is 1. The van der Waals surface area contributed by atoms with E-state index in [-0.39, 0.29) is 11.4 Å². The van der Waals surface area contributed by atoms with Crippen LogP contribution in [0.3, 0.4) is 0 Å². The van der Waals surface area contributed by atoms with Crippen molar-refractivity contribution >= 4 is 35.3 Å². The average molecular weight is 394 g/mol. The second-order valence-corrected chi connectivity index (χ2v) is 6.74. The molecule has 28 heavy (non-hydrogen) atoms. The van der Waals surface area contributed by atoms with E-state index < -0.39 is 5.91 Å². The zero-order valence-corrected chi connectivity index (χ0v) is 15.7. The number of amides is 1. The van der Waals surface area contributed by atoms with Crippen LogP contribution in [-0.4, -0.2) is 22.6 Å². The van der Waals surface area contributed by atoms with Gasteiger partial charge in [0.15, 0.2) is 11.7 Å². The molecule has 0 fully saturated rings. The smallest absolute Gasteiger partial charge is 0.282 e. The van der Waals surface area contributed by atoms with Crippen LogP contribution in [0.25, 0.3) is 6.08 Å². The summed E-state index contributed by atoms with van der Waals surface area (Å²) in [4.78, 5) is 21.6. The zero-order valence-electron chi connectivity index (χ0n) is 15.0. The fourth-order valence-corrected chi connectivity index (χ4v) is 2.90. The van der Waals surface area contributed by atoms with Crippen molar-refractivity contribution in [3.05, 3.63) is 82.1 Å². The standard InChI is InChI=1S/C21H16ClN3O3/c1-13-10-19-24-21(26)18(20(23)25(19)28-13)11-14-4-8-17(9-5-14)27-12-15-2-6-16(22)7-3-15/h2-11,23H,12H2,1H3/b18-11+,23-20?. The van der Waals surface area contributed by atoms with Crippen LogP contribution in [0.2, 0.25) is 5.02 Å². The number of nitrogens with one attached hydrogen (secondary N) is 1. The van der Waals surface area contributed by atoms with Crippen molar-refractivity contribution in [3.8, 4) is 5.75 Å². The quantitative estimate of drug-likeness (QED) is 0.782. The first kappa shape index (κ1) is 18.0. The molecule has 0 saturated carbocycles. The SMILES string of the molecule is CC1=CC2=NC(=O)/C(=C/c3ccc(OCc4ccc(Cl)cc4)cc3)C(=N)N2O1. The van der Waals surface area contributed by atoms with Crippen LogP contribution in [0.4, 0.5) is 0 Å². The van der Waals surface area contributed by atoms with E-state index in [4.69, 9.17) is 26.6 Å². The summed E-state index contributed by atoms with van der Waals surface area (Å²) in [5.41, 5.74) is 1.94. The summed E-state index contributed by atoms with van der Waals surface area (Å²) in [6, 6.07) is 14.7. The molecule has 2 aromatic carbocycles. The Morgan fingerprint density at radius 3 is 2.61 bits per heavy atom. The van der Waals surface area contributed by atoms with E-state index in [0.717, 1.165) is 11.1 Å². The van der Waals surface area contributed by atoms with Crippen molar-refractivity contribution in [1.82, 2.24) is 5.06 Å². The van der Waals surface area contributed by atoms with Crippen molar-refractivity contribution in [2.45, 2.75) is 13.5 Å². The summed E-state index contributed by atoms with van der Waals surface area (Å²) in [6.45, 7) is 2.17. The van der Waals surface area contributed by atoms with Crippen molar-refractivity contribution < 1.29 is 14.4 Å². The summed E-state index contributed by atoms with van der Waals surface area (Å²) in [5.74, 6) is 1.11. The Morgan fingerprint density at radius 2 is 1.89 bits per heavy atom. The highest BCUT2D eigenvalue weighted by atomic mass is 35.5. The lowest BCUT2D eigenvalue weighted by molar-refractivity contribution is -0.114. The summed E-state index contributed by atoms with van der Waals surface area (Å²) in [7, 11) is 0. The maximum Gasteiger partial charge on any atom is 0.282 e. The van der Waals surface area contributed by atoms with Crippen LogP contribution in [0.5, 0.6) is 5.75 Å². The normalized spacial score (nSPS) is 17.2. The molecule has 2 aliphatic heterocycles. The number of benzene rings is 2. The molecule has 6 nitrogen and oxygen atoms in total. The molecule has 4 rings (SSSR count). The van der Waals surface area contributed by atoms with Crippen molar-refractivity contribution in [2.75, 3.05) is 0 Å². The minimum Gasteiger partial charge on any atom is -0.489 e. The number of ether oxygens (including phenoxy) is 1. The molecule has 0 spiro atoms. The summed E-state index contributed by atoms with van der Waals surface area (Å²) in [5, 5.41) is 10.2. The number of rotatable bonds is 4. The number of hydrogen-bond donors (Lipinski definition) is 1. The molecule has 1 amide bonds. The van der Waals surface area contributed by atoms with Gasteiger partial charge in [0.25, 0.3) is 5.91 Å². The number of aliphatic imine (C=N–C) groups is 1. The van der Waals surface area contributed by atoms with Gasteiger partial charge >= 0.3 is 0 Å². The molecule has 2 aliphatic rings. The molecule has 0 aromatic heterocycles. The molecule has 0 saturated heterocycles. The zero-order chi connectivity index (χ0) is 19.7. The van der Waals surface area contributed by atoms with Crippen LogP contribution in [0.1, 0.15) is 18.1 Å². The number of hydrogen-bond acceptors (Lipinski definition) is 4. The van der Waals surface area contributed by atoms with Gasteiger partial charge in [-0.05, 0) is 48.4 Å². The number of carbonyl (C=O) groups is 1. The van der Waals surface area contributed by atoms with E-state index in [1.807, 2.05) is 48.5 Å². The molecule has 2 aromatic rings. The summed E-state index contributed by atoms with van der Waals surface area (Å²) in [6.07, 6.45) is 3.24. The predicted molar refractivity (Wildman–Crippen MR) is 107 cm³/mol. The number of amidine groups is 2. The Hall–Kier alpha value is -3.38. The molecule has 0 unspecified atom stereocenters. The van der Waals surface area contributed by atoms with Crippen molar-refractivity contribution in [2.24, 2.45) is 4.99 Å². The minimum absolute atomic E-state index is 0.0360. The number of carbonyl (C=O) groups excluding carboxylic acids is 1. The number of hydroxylamine groups is 2. The second kappa shape index (κ2) is 7.32. The topological polar surface area (TPSA) is 75.0 Å². The van der Waals surface area contributed by atoms with E-state index in [1.165, 1.54) is 5.06 Å².